The predicted molar refractivity (Wildman–Crippen MR) is 122 cm³/mol. The average molecular weight is 467 g/mol. The summed E-state index contributed by atoms with van der Waals surface area (Å²) in [7, 11) is 0. The molecule has 0 fully saturated rings. The van der Waals surface area contributed by atoms with Crippen LogP contribution in [-0.2, 0) is 11.4 Å². The molecule has 0 aliphatic carbocycles. The van der Waals surface area contributed by atoms with Gasteiger partial charge in [-0.15, -0.1) is 0 Å². The highest BCUT2D eigenvalue weighted by Crippen LogP contribution is 2.23. The summed E-state index contributed by atoms with van der Waals surface area (Å²) >= 11 is 3.45. The molecule has 0 aliphatic rings. The highest BCUT2D eigenvalue weighted by atomic mass is 79.9. The molecule has 0 aromatic heterocycles. The first-order valence-electron chi connectivity index (χ1n) is 9.49. The van der Waals surface area contributed by atoms with E-state index in [2.05, 4.69) is 26.5 Å². The molecular weight excluding hydrogens is 444 g/mol. The number of rotatable bonds is 8. The SMILES string of the molecule is Cc1ccc(C)c(OCC(=O)N/N=C\c2cc(Br)ccc2OCc2ccccc2)c1. The van der Waals surface area contributed by atoms with E-state index in [4.69, 9.17) is 9.47 Å². The number of nitrogens with one attached hydrogen (secondary N) is 1. The Balaban J connectivity index is 1.57. The van der Waals surface area contributed by atoms with Crippen molar-refractivity contribution in [2.45, 2.75) is 20.5 Å². The van der Waals surface area contributed by atoms with Gasteiger partial charge in [0.05, 0.1) is 6.21 Å². The van der Waals surface area contributed by atoms with E-state index in [0.29, 0.717) is 18.1 Å². The van der Waals surface area contributed by atoms with E-state index in [1.54, 1.807) is 6.21 Å². The summed E-state index contributed by atoms with van der Waals surface area (Å²) in [6, 6.07) is 21.4. The van der Waals surface area contributed by atoms with Crippen LogP contribution in [0.25, 0.3) is 0 Å². The minimum absolute atomic E-state index is 0.114. The third-order valence-electron chi connectivity index (χ3n) is 4.30. The maximum absolute atomic E-state index is 12.1. The highest BCUT2D eigenvalue weighted by Gasteiger charge is 2.06. The summed E-state index contributed by atoms with van der Waals surface area (Å²) in [4.78, 5) is 12.1. The monoisotopic (exact) mass is 466 g/mol. The van der Waals surface area contributed by atoms with Gasteiger partial charge in [0.15, 0.2) is 6.61 Å². The minimum atomic E-state index is -0.339. The lowest BCUT2D eigenvalue weighted by Gasteiger charge is -2.10. The van der Waals surface area contributed by atoms with Crippen LogP contribution in [0.2, 0.25) is 0 Å². The molecule has 3 aromatic carbocycles. The first-order valence-corrected chi connectivity index (χ1v) is 10.3. The highest BCUT2D eigenvalue weighted by molar-refractivity contribution is 9.10. The number of aryl methyl sites for hydroxylation is 2. The standard InChI is InChI=1S/C24H23BrN2O3/c1-17-8-9-18(2)23(12-17)30-16-24(28)27-26-14-20-13-21(25)10-11-22(20)29-15-19-6-4-3-5-7-19/h3-14H,15-16H2,1-2H3,(H,27,28)/b26-14-. The molecule has 0 bridgehead atoms. The zero-order chi connectivity index (χ0) is 21.3. The number of carbonyl (C=O) groups excluding carboxylic acids is 1. The molecule has 1 amide bonds. The van der Waals surface area contributed by atoms with Gasteiger partial charge < -0.3 is 9.47 Å². The number of amides is 1. The summed E-state index contributed by atoms with van der Waals surface area (Å²) in [5, 5.41) is 4.05. The molecule has 0 heterocycles. The van der Waals surface area contributed by atoms with Crippen LogP contribution < -0.4 is 14.9 Å². The number of ether oxygens (including phenoxy) is 2. The van der Waals surface area contributed by atoms with Crippen molar-refractivity contribution in [3.63, 3.8) is 0 Å². The second-order valence-electron chi connectivity index (χ2n) is 6.81. The lowest BCUT2D eigenvalue weighted by molar-refractivity contribution is -0.123. The van der Waals surface area contributed by atoms with Crippen LogP contribution in [0, 0.1) is 13.8 Å². The topological polar surface area (TPSA) is 59.9 Å². The van der Waals surface area contributed by atoms with Gasteiger partial charge in [0.1, 0.15) is 18.1 Å². The lowest BCUT2D eigenvalue weighted by Crippen LogP contribution is -2.24. The third-order valence-corrected chi connectivity index (χ3v) is 4.80. The van der Waals surface area contributed by atoms with Crippen molar-refractivity contribution in [2.24, 2.45) is 5.10 Å². The number of halogens is 1. The fourth-order valence-corrected chi connectivity index (χ4v) is 3.08. The Kier molecular flexibility index (Phi) is 7.63. The maximum atomic E-state index is 12.1. The fourth-order valence-electron chi connectivity index (χ4n) is 2.70. The number of nitrogens with zero attached hydrogens (tertiary/aromatic N) is 1. The number of hydrogen-bond donors (Lipinski definition) is 1. The van der Waals surface area contributed by atoms with Gasteiger partial charge in [-0.05, 0) is 54.8 Å². The largest absolute Gasteiger partial charge is 0.488 e. The molecule has 1 N–H and O–H groups in total. The number of carbonyl (C=O) groups is 1. The molecular formula is C24H23BrN2O3. The van der Waals surface area contributed by atoms with Crippen LogP contribution in [0.1, 0.15) is 22.3 Å². The third kappa shape index (κ3) is 6.46. The molecule has 0 spiro atoms. The number of benzene rings is 3. The van der Waals surface area contributed by atoms with Crippen molar-refractivity contribution < 1.29 is 14.3 Å². The van der Waals surface area contributed by atoms with Gasteiger partial charge in [0.25, 0.3) is 5.91 Å². The summed E-state index contributed by atoms with van der Waals surface area (Å²) in [6.07, 6.45) is 1.56. The Morgan fingerprint density at radius 3 is 2.60 bits per heavy atom. The van der Waals surface area contributed by atoms with Crippen LogP contribution in [0.4, 0.5) is 0 Å². The van der Waals surface area contributed by atoms with Gasteiger partial charge >= 0.3 is 0 Å². The molecule has 154 valence electrons. The Morgan fingerprint density at radius 2 is 1.80 bits per heavy atom. The quantitative estimate of drug-likeness (QED) is 0.367. The predicted octanol–water partition coefficient (Wildman–Crippen LogP) is 5.17. The summed E-state index contributed by atoms with van der Waals surface area (Å²) < 4.78 is 12.4. The summed E-state index contributed by atoms with van der Waals surface area (Å²) in [5.74, 6) is 1.03. The van der Waals surface area contributed by atoms with Crippen LogP contribution >= 0.6 is 15.9 Å². The molecule has 0 atom stereocenters. The van der Waals surface area contributed by atoms with E-state index in [0.717, 1.165) is 26.7 Å². The van der Waals surface area contributed by atoms with E-state index in [1.807, 2.05) is 80.6 Å². The minimum Gasteiger partial charge on any atom is -0.488 e. The smallest absolute Gasteiger partial charge is 0.277 e. The van der Waals surface area contributed by atoms with Crippen LogP contribution in [0.3, 0.4) is 0 Å². The molecule has 0 saturated heterocycles. The zero-order valence-corrected chi connectivity index (χ0v) is 18.5. The molecule has 0 unspecified atom stereocenters. The second kappa shape index (κ2) is 10.6. The molecule has 30 heavy (non-hydrogen) atoms. The van der Waals surface area contributed by atoms with Gasteiger partial charge in [0, 0.05) is 10.0 Å². The van der Waals surface area contributed by atoms with E-state index in [-0.39, 0.29) is 12.5 Å². The van der Waals surface area contributed by atoms with Crippen molar-refractivity contribution in [3.05, 3.63) is 93.5 Å². The van der Waals surface area contributed by atoms with E-state index in [9.17, 15) is 4.79 Å². The first kappa shape index (κ1) is 21.6. The molecule has 6 heteroatoms. The average Bonchev–Trinajstić information content (AvgIpc) is 2.74. The number of hydrazone groups is 1. The first-order chi connectivity index (χ1) is 14.5. The molecule has 0 aliphatic heterocycles. The van der Waals surface area contributed by atoms with Crippen molar-refractivity contribution in [2.75, 3.05) is 6.61 Å². The summed E-state index contributed by atoms with van der Waals surface area (Å²) in [5.41, 5.74) is 6.36. The fraction of sp³-hybridized carbons (Fsp3) is 0.167. The van der Waals surface area contributed by atoms with Crippen LogP contribution in [-0.4, -0.2) is 18.7 Å². The normalized spacial score (nSPS) is 10.8. The Labute approximate surface area is 184 Å². The summed E-state index contributed by atoms with van der Waals surface area (Å²) in [6.45, 7) is 4.25. The molecule has 0 radical (unpaired) electrons. The van der Waals surface area contributed by atoms with E-state index < -0.39 is 0 Å². The molecule has 5 nitrogen and oxygen atoms in total. The second-order valence-corrected chi connectivity index (χ2v) is 7.72. The van der Waals surface area contributed by atoms with Crippen molar-refractivity contribution in [1.29, 1.82) is 0 Å². The van der Waals surface area contributed by atoms with Gasteiger partial charge in [-0.2, -0.15) is 5.10 Å². The van der Waals surface area contributed by atoms with Crippen LogP contribution in [0.5, 0.6) is 11.5 Å². The van der Waals surface area contributed by atoms with Crippen LogP contribution in [0.15, 0.2) is 76.3 Å². The van der Waals surface area contributed by atoms with Crippen molar-refractivity contribution in [3.8, 4) is 11.5 Å². The molecule has 3 rings (SSSR count). The Morgan fingerprint density at radius 1 is 1.00 bits per heavy atom. The maximum Gasteiger partial charge on any atom is 0.277 e. The Hall–Kier alpha value is -3.12. The van der Waals surface area contributed by atoms with Gasteiger partial charge in [-0.3, -0.25) is 4.79 Å². The Bertz CT molecular complexity index is 1040. The van der Waals surface area contributed by atoms with E-state index in [1.165, 1.54) is 0 Å². The lowest BCUT2D eigenvalue weighted by atomic mass is 10.1. The number of hydrogen-bond acceptors (Lipinski definition) is 4. The van der Waals surface area contributed by atoms with Gasteiger partial charge in [0.2, 0.25) is 0 Å². The van der Waals surface area contributed by atoms with Gasteiger partial charge in [-0.25, -0.2) is 5.43 Å². The van der Waals surface area contributed by atoms with Crippen molar-refractivity contribution in [1.82, 2.24) is 5.43 Å². The van der Waals surface area contributed by atoms with Crippen molar-refractivity contribution >= 4 is 28.1 Å². The molecule has 3 aromatic rings. The van der Waals surface area contributed by atoms with E-state index >= 15 is 0 Å². The zero-order valence-electron chi connectivity index (χ0n) is 16.9. The molecule has 0 saturated carbocycles. The van der Waals surface area contributed by atoms with Gasteiger partial charge in [-0.1, -0.05) is 58.4 Å².